The van der Waals surface area contributed by atoms with Crippen molar-refractivity contribution in [2.24, 2.45) is 0 Å². The number of carbonyl (C=O) groups excluding carboxylic acids is 1. The predicted molar refractivity (Wildman–Crippen MR) is 149 cm³/mol. The number of carbonyl (C=O) groups is 1. The second kappa shape index (κ2) is 12.0. The lowest BCUT2D eigenvalue weighted by molar-refractivity contribution is -0.152. The van der Waals surface area contributed by atoms with E-state index in [2.05, 4.69) is 4.98 Å². The van der Waals surface area contributed by atoms with Gasteiger partial charge in [-0.15, -0.1) is 0 Å². The number of methoxy groups -OCH3 is 3. The summed E-state index contributed by atoms with van der Waals surface area (Å²) in [6, 6.07) is 10.3. The van der Waals surface area contributed by atoms with E-state index in [1.807, 2.05) is 0 Å². The van der Waals surface area contributed by atoms with Gasteiger partial charge in [-0.2, -0.15) is 0 Å². The van der Waals surface area contributed by atoms with Gasteiger partial charge in [-0.3, -0.25) is 4.79 Å². The van der Waals surface area contributed by atoms with Crippen LogP contribution < -0.4 is 25.5 Å². The number of halogens is 2. The molecular weight excluding hydrogens is 563 g/mol. The molecule has 0 amide bonds. The van der Waals surface area contributed by atoms with Crippen molar-refractivity contribution in [3.8, 4) is 17.2 Å². The third-order valence-corrected chi connectivity index (χ3v) is 6.93. The fraction of sp³-hybridized carbons (Fsp3) is 0.286. The number of aromatic nitrogens is 2. The molecule has 4 rings (SSSR count). The molecule has 10 nitrogen and oxygen atoms in total. The van der Waals surface area contributed by atoms with E-state index in [4.69, 9.17) is 46.6 Å². The minimum atomic E-state index is -1.34. The molecule has 0 N–H and O–H groups in total. The Kier molecular flexibility index (Phi) is 8.70. The van der Waals surface area contributed by atoms with Gasteiger partial charge in [0.2, 0.25) is 5.58 Å². The number of ether oxygens (including phenoxy) is 4. The lowest BCUT2D eigenvalue weighted by Crippen LogP contribution is -2.40. The van der Waals surface area contributed by atoms with Gasteiger partial charge < -0.3 is 23.4 Å². The Labute approximate surface area is 239 Å². The van der Waals surface area contributed by atoms with Crippen LogP contribution in [0.25, 0.3) is 11.1 Å². The smallest absolute Gasteiger partial charge is 0.423 e. The molecule has 0 saturated carbocycles. The number of hydrogen-bond acceptors (Lipinski definition) is 9. The fourth-order valence-electron chi connectivity index (χ4n) is 4.52. The van der Waals surface area contributed by atoms with Crippen molar-refractivity contribution < 1.29 is 28.2 Å². The maximum absolute atomic E-state index is 13.4. The molecule has 0 aliphatic heterocycles. The molecule has 40 heavy (non-hydrogen) atoms. The zero-order valence-corrected chi connectivity index (χ0v) is 23.8. The van der Waals surface area contributed by atoms with Crippen molar-refractivity contribution in [1.29, 1.82) is 0 Å². The van der Waals surface area contributed by atoms with Gasteiger partial charge in [-0.05, 0) is 38.1 Å². The van der Waals surface area contributed by atoms with E-state index in [1.54, 1.807) is 43.3 Å². The molecule has 0 radical (unpaired) electrons. The SMILES string of the molecule is COc1cc(Cl)ccc1C(c1ccc(Cl)cc1OC)[C@H](C)OC(=O)[C@H](C)n1c(=O)oc2c(OC)ccnc2c1=O. The number of esters is 1. The van der Waals surface area contributed by atoms with Crippen molar-refractivity contribution in [2.45, 2.75) is 31.9 Å². The molecule has 12 heteroatoms. The van der Waals surface area contributed by atoms with E-state index in [-0.39, 0.29) is 16.8 Å². The maximum atomic E-state index is 13.4. The van der Waals surface area contributed by atoms with Crippen LogP contribution in [-0.4, -0.2) is 43.0 Å². The molecule has 2 heterocycles. The first-order chi connectivity index (χ1) is 19.1. The van der Waals surface area contributed by atoms with Gasteiger partial charge in [0.25, 0.3) is 5.56 Å². The van der Waals surface area contributed by atoms with Gasteiger partial charge in [-0.25, -0.2) is 19.1 Å². The zero-order chi connectivity index (χ0) is 29.1. The molecule has 0 saturated heterocycles. The van der Waals surface area contributed by atoms with Crippen LogP contribution in [0, 0.1) is 0 Å². The zero-order valence-electron chi connectivity index (χ0n) is 22.3. The van der Waals surface area contributed by atoms with Crippen LogP contribution >= 0.6 is 23.2 Å². The minimum absolute atomic E-state index is 0.116. The Morgan fingerprint density at radius 2 is 1.43 bits per heavy atom. The molecule has 0 aliphatic carbocycles. The number of hydrogen-bond donors (Lipinski definition) is 0. The van der Waals surface area contributed by atoms with Crippen LogP contribution in [0.2, 0.25) is 10.0 Å². The number of benzene rings is 2. The Morgan fingerprint density at radius 3 is 1.95 bits per heavy atom. The molecule has 0 aliphatic rings. The summed E-state index contributed by atoms with van der Waals surface area (Å²) in [7, 11) is 4.36. The summed E-state index contributed by atoms with van der Waals surface area (Å²) in [6.45, 7) is 3.04. The van der Waals surface area contributed by atoms with E-state index in [0.717, 1.165) is 0 Å². The normalized spacial score (nSPS) is 12.7. The number of nitrogens with zero attached hydrogens (tertiary/aromatic N) is 2. The van der Waals surface area contributed by atoms with Gasteiger partial charge in [-0.1, -0.05) is 35.3 Å². The molecule has 2 aromatic carbocycles. The molecule has 0 unspecified atom stereocenters. The molecule has 210 valence electrons. The monoisotopic (exact) mass is 588 g/mol. The molecule has 0 spiro atoms. The average Bonchev–Trinajstić information content (AvgIpc) is 2.94. The van der Waals surface area contributed by atoms with E-state index in [1.165, 1.54) is 40.5 Å². The molecular formula is C28H26Cl2N2O8. The van der Waals surface area contributed by atoms with Crippen molar-refractivity contribution in [2.75, 3.05) is 21.3 Å². The quantitative estimate of drug-likeness (QED) is 0.248. The van der Waals surface area contributed by atoms with Gasteiger partial charge in [0, 0.05) is 33.4 Å². The van der Waals surface area contributed by atoms with Crippen LogP contribution in [0.4, 0.5) is 0 Å². The summed E-state index contributed by atoms with van der Waals surface area (Å²) >= 11 is 12.4. The van der Waals surface area contributed by atoms with Crippen LogP contribution in [0.3, 0.4) is 0 Å². The topological polar surface area (TPSA) is 119 Å². The maximum Gasteiger partial charge on any atom is 0.423 e. The fourth-order valence-corrected chi connectivity index (χ4v) is 4.85. The van der Waals surface area contributed by atoms with Crippen LogP contribution in [0.15, 0.2) is 62.7 Å². The highest BCUT2D eigenvalue weighted by atomic mass is 35.5. The highest BCUT2D eigenvalue weighted by molar-refractivity contribution is 6.31. The van der Waals surface area contributed by atoms with E-state index >= 15 is 0 Å². The Bertz CT molecular complexity index is 1630. The summed E-state index contributed by atoms with van der Waals surface area (Å²) in [4.78, 5) is 43.4. The standard InChI is InChI=1S/C28H26Cl2N2O8/c1-14(32-26(33)24-25(40-28(32)35)20(36-3)10-11-31-24)27(34)39-15(2)23(18-8-6-16(29)12-21(18)37-4)19-9-7-17(30)13-22(19)38-5/h6-15,23H,1-5H3/t14-,15-/m0/s1. The molecule has 0 fully saturated rings. The van der Waals surface area contributed by atoms with E-state index in [0.29, 0.717) is 37.2 Å². The number of rotatable bonds is 9. The Morgan fingerprint density at radius 1 is 0.875 bits per heavy atom. The van der Waals surface area contributed by atoms with Gasteiger partial charge in [0.1, 0.15) is 23.6 Å². The average molecular weight is 589 g/mol. The highest BCUT2D eigenvalue weighted by Crippen LogP contribution is 2.41. The third kappa shape index (κ3) is 5.50. The second-order valence-corrected chi connectivity index (χ2v) is 9.68. The van der Waals surface area contributed by atoms with Crippen molar-refractivity contribution in [3.05, 3.63) is 90.7 Å². The largest absolute Gasteiger partial charge is 0.496 e. The van der Waals surface area contributed by atoms with Gasteiger partial charge in [0.15, 0.2) is 11.3 Å². The highest BCUT2D eigenvalue weighted by Gasteiger charge is 2.33. The molecule has 2 aromatic heterocycles. The third-order valence-electron chi connectivity index (χ3n) is 6.46. The van der Waals surface area contributed by atoms with Gasteiger partial charge >= 0.3 is 11.7 Å². The van der Waals surface area contributed by atoms with Gasteiger partial charge in [0.05, 0.1) is 27.2 Å². The summed E-state index contributed by atoms with van der Waals surface area (Å²) in [5, 5.41) is 0.904. The van der Waals surface area contributed by atoms with Crippen molar-refractivity contribution >= 4 is 40.3 Å². The van der Waals surface area contributed by atoms with Crippen LogP contribution in [0.1, 0.15) is 36.9 Å². The molecule has 4 aromatic rings. The summed E-state index contributed by atoms with van der Waals surface area (Å²) in [5.41, 5.74) is 0.201. The first kappa shape index (κ1) is 29.0. The first-order valence-electron chi connectivity index (χ1n) is 12.1. The Hall–Kier alpha value is -4.02. The predicted octanol–water partition coefficient (Wildman–Crippen LogP) is 5.01. The molecule has 0 bridgehead atoms. The van der Waals surface area contributed by atoms with Crippen LogP contribution in [-0.2, 0) is 9.53 Å². The minimum Gasteiger partial charge on any atom is -0.496 e. The summed E-state index contributed by atoms with van der Waals surface area (Å²) in [6.07, 6.45) is 0.489. The lowest BCUT2D eigenvalue weighted by atomic mass is 9.86. The van der Waals surface area contributed by atoms with E-state index in [9.17, 15) is 14.4 Å². The van der Waals surface area contributed by atoms with Crippen molar-refractivity contribution in [1.82, 2.24) is 9.55 Å². The first-order valence-corrected chi connectivity index (χ1v) is 12.8. The Balaban J connectivity index is 1.76. The second-order valence-electron chi connectivity index (χ2n) is 8.80. The van der Waals surface area contributed by atoms with E-state index < -0.39 is 35.3 Å². The summed E-state index contributed by atoms with van der Waals surface area (Å²) in [5.74, 6) is -1.46. The molecule has 2 atom stereocenters. The lowest BCUT2D eigenvalue weighted by Gasteiger charge is -2.28. The number of fused-ring (bicyclic) bond motifs is 1. The number of pyridine rings is 1. The van der Waals surface area contributed by atoms with Crippen LogP contribution in [0.5, 0.6) is 17.2 Å². The van der Waals surface area contributed by atoms with Crippen molar-refractivity contribution in [3.63, 3.8) is 0 Å². The summed E-state index contributed by atoms with van der Waals surface area (Å²) < 4.78 is 28.1.